The van der Waals surface area contributed by atoms with E-state index in [0.29, 0.717) is 0 Å². The summed E-state index contributed by atoms with van der Waals surface area (Å²) in [5, 5.41) is 2.60. The van der Waals surface area contributed by atoms with Gasteiger partial charge >= 0.3 is 11.4 Å². The number of pyridine rings is 1. The molecule has 0 fully saturated rings. The van der Waals surface area contributed by atoms with E-state index in [0.717, 1.165) is 0 Å². The maximum atomic E-state index is 2.59. The summed E-state index contributed by atoms with van der Waals surface area (Å²) in [5.74, 6) is 1.27. The van der Waals surface area contributed by atoms with Crippen LogP contribution < -0.4 is 9.13 Å². The molecule has 2 aromatic heterocycles. The van der Waals surface area contributed by atoms with Gasteiger partial charge in [-0.25, -0.2) is 0 Å². The number of aromatic nitrogens is 3. The second-order valence-corrected chi connectivity index (χ2v) is 11.7. The Balaban J connectivity index is 1.55. The molecule has 0 saturated heterocycles. The molecule has 0 aliphatic carbocycles. The molecule has 3 nitrogen and oxygen atoms in total. The fourth-order valence-electron chi connectivity index (χ4n) is 7.50. The van der Waals surface area contributed by atoms with Gasteiger partial charge in [0, 0.05) is 12.1 Å². The first-order valence-electron chi connectivity index (χ1n) is 13.4. The minimum Gasteiger partial charge on any atom is -0.185 e. The molecule has 4 heteroatoms. The summed E-state index contributed by atoms with van der Waals surface area (Å²) in [7, 11) is 0. The van der Waals surface area contributed by atoms with E-state index in [1.54, 1.807) is 0 Å². The number of para-hydroxylation sites is 2. The normalized spacial score (nSPS) is 17.2. The molecule has 10 rings (SSSR count). The quantitative estimate of drug-likeness (QED) is 0.216. The van der Waals surface area contributed by atoms with Gasteiger partial charge in [-0.05, 0) is 53.2 Å². The molecule has 0 radical (unpaired) electrons. The molecular weight excluding hydrogens is 494 g/mol. The van der Waals surface area contributed by atoms with Crippen molar-refractivity contribution in [3.63, 3.8) is 0 Å². The highest BCUT2D eigenvalue weighted by molar-refractivity contribution is 7.99. The Labute approximate surface area is 229 Å². The Morgan fingerprint density at radius 1 is 0.692 bits per heavy atom. The number of imidazole rings is 1. The molecule has 5 aromatic carbocycles. The molecule has 1 atom stereocenters. The minimum atomic E-state index is -0.533. The van der Waals surface area contributed by atoms with Crippen molar-refractivity contribution in [1.82, 2.24) is 4.57 Å². The molecule has 5 heterocycles. The zero-order chi connectivity index (χ0) is 25.3. The smallest absolute Gasteiger partial charge is 0.185 e. The van der Waals surface area contributed by atoms with Gasteiger partial charge in [-0.3, -0.25) is 0 Å². The topological polar surface area (TPSA) is 12.7 Å². The van der Waals surface area contributed by atoms with Gasteiger partial charge < -0.3 is 0 Å². The highest BCUT2D eigenvalue weighted by Gasteiger charge is 2.69. The molecule has 0 N–H and O–H groups in total. The molecular formula is C35H21N3S+2. The standard InChI is InChI=1S/C35H21N3S/c1-2-12-23(13-3-1)37-28-18-10-19-29-32(28)38-33-30(39-29)21-22-11-4-5-14-24(22)31(33)35(34(37)38)26-16-7-6-15-25(26)27-17-8-9-20-36(27)35/h1-21H/q+2. The average Bonchev–Trinajstić information content (AvgIpc) is 3.60. The molecule has 0 saturated carbocycles. The molecule has 180 valence electrons. The minimum absolute atomic E-state index is 0.533. The first-order valence-corrected chi connectivity index (χ1v) is 14.2. The van der Waals surface area contributed by atoms with Crippen LogP contribution in [0, 0.1) is 0 Å². The van der Waals surface area contributed by atoms with Gasteiger partial charge in [0.15, 0.2) is 22.9 Å². The predicted molar refractivity (Wildman–Crippen MR) is 154 cm³/mol. The zero-order valence-electron chi connectivity index (χ0n) is 20.9. The molecule has 0 amide bonds. The number of hydrogen-bond donors (Lipinski definition) is 0. The van der Waals surface area contributed by atoms with E-state index in [1.165, 1.54) is 71.2 Å². The molecule has 1 unspecified atom stereocenters. The van der Waals surface area contributed by atoms with Crippen LogP contribution in [-0.4, -0.2) is 4.57 Å². The second kappa shape index (κ2) is 6.85. The van der Waals surface area contributed by atoms with Gasteiger partial charge in [0.2, 0.25) is 5.69 Å². The van der Waals surface area contributed by atoms with Crippen LogP contribution in [0.2, 0.25) is 0 Å². The largest absolute Gasteiger partial charge is 0.352 e. The van der Waals surface area contributed by atoms with Gasteiger partial charge in [-0.15, -0.1) is 0 Å². The third-order valence-electron chi connectivity index (χ3n) is 8.81. The highest BCUT2D eigenvalue weighted by Crippen LogP contribution is 2.57. The summed E-state index contributed by atoms with van der Waals surface area (Å²) in [6.07, 6.45) is 2.29. The summed E-state index contributed by atoms with van der Waals surface area (Å²) in [6.45, 7) is 0. The summed E-state index contributed by atoms with van der Waals surface area (Å²) >= 11 is 1.91. The van der Waals surface area contributed by atoms with Crippen molar-refractivity contribution in [3.05, 3.63) is 144 Å². The van der Waals surface area contributed by atoms with Crippen molar-refractivity contribution < 1.29 is 9.13 Å². The molecule has 1 spiro atoms. The fourth-order valence-corrected chi connectivity index (χ4v) is 8.65. The van der Waals surface area contributed by atoms with Crippen molar-refractivity contribution >= 4 is 33.6 Å². The SMILES string of the molecule is c1ccc(-n2c3[n+]4c5c(cccc52)Sc2cc5ccccc5c(c2-4)C32c3ccccc3-c3cccc[n+]32)cc1. The van der Waals surface area contributed by atoms with Crippen LogP contribution >= 0.6 is 11.8 Å². The van der Waals surface area contributed by atoms with Gasteiger partial charge in [0.25, 0.3) is 0 Å². The predicted octanol–water partition coefficient (Wildman–Crippen LogP) is 6.95. The number of benzene rings is 5. The monoisotopic (exact) mass is 515 g/mol. The van der Waals surface area contributed by atoms with Crippen LogP contribution in [-0.2, 0) is 5.54 Å². The molecule has 0 bridgehead atoms. The Hall–Kier alpha value is -4.67. The lowest BCUT2D eigenvalue weighted by molar-refractivity contribution is -0.733. The Kier molecular flexibility index (Phi) is 3.57. The third-order valence-corrected chi connectivity index (χ3v) is 9.89. The van der Waals surface area contributed by atoms with Crippen LogP contribution in [0.3, 0.4) is 0 Å². The van der Waals surface area contributed by atoms with Crippen LogP contribution in [0.15, 0.2) is 137 Å². The fraction of sp³-hybridized carbons (Fsp3) is 0.0286. The Morgan fingerprint density at radius 2 is 1.51 bits per heavy atom. The van der Waals surface area contributed by atoms with Crippen LogP contribution in [0.5, 0.6) is 0 Å². The van der Waals surface area contributed by atoms with Crippen LogP contribution in [0.25, 0.3) is 44.4 Å². The summed E-state index contributed by atoms with van der Waals surface area (Å²) in [4.78, 5) is 2.62. The van der Waals surface area contributed by atoms with Gasteiger partial charge in [0.05, 0.1) is 26.5 Å². The van der Waals surface area contributed by atoms with Gasteiger partial charge in [0.1, 0.15) is 5.69 Å². The number of hydrogen-bond acceptors (Lipinski definition) is 1. The van der Waals surface area contributed by atoms with E-state index in [9.17, 15) is 0 Å². The van der Waals surface area contributed by atoms with Gasteiger partial charge in [-0.1, -0.05) is 78.5 Å². The lowest BCUT2D eigenvalue weighted by atomic mass is 9.80. The number of rotatable bonds is 1. The first kappa shape index (κ1) is 20.3. The van der Waals surface area contributed by atoms with E-state index in [4.69, 9.17) is 0 Å². The second-order valence-electron chi connectivity index (χ2n) is 10.6. The lowest BCUT2D eigenvalue weighted by Gasteiger charge is -2.22. The van der Waals surface area contributed by atoms with Crippen molar-refractivity contribution in [3.8, 4) is 22.6 Å². The summed E-state index contributed by atoms with van der Waals surface area (Å²) in [5.41, 5.74) is 9.77. The maximum absolute atomic E-state index is 2.59. The Bertz CT molecular complexity index is 2160. The van der Waals surface area contributed by atoms with Crippen molar-refractivity contribution in [2.45, 2.75) is 15.3 Å². The van der Waals surface area contributed by atoms with Gasteiger partial charge in [-0.2, -0.15) is 13.7 Å². The lowest BCUT2D eigenvalue weighted by Crippen LogP contribution is -2.57. The molecule has 3 aliphatic rings. The van der Waals surface area contributed by atoms with E-state index in [2.05, 4.69) is 141 Å². The third kappa shape index (κ3) is 2.19. The highest BCUT2D eigenvalue weighted by atomic mass is 32.2. The molecule has 7 aromatic rings. The summed E-state index contributed by atoms with van der Waals surface area (Å²) < 4.78 is 7.66. The van der Waals surface area contributed by atoms with Crippen molar-refractivity contribution in [2.75, 3.05) is 0 Å². The van der Waals surface area contributed by atoms with E-state index in [-0.39, 0.29) is 0 Å². The van der Waals surface area contributed by atoms with E-state index >= 15 is 0 Å². The summed E-state index contributed by atoms with van der Waals surface area (Å²) in [6, 6.07) is 44.6. The first-order chi connectivity index (χ1) is 19.4. The van der Waals surface area contributed by atoms with E-state index in [1.807, 2.05) is 11.8 Å². The zero-order valence-corrected chi connectivity index (χ0v) is 21.7. The van der Waals surface area contributed by atoms with Crippen LogP contribution in [0.1, 0.15) is 17.0 Å². The van der Waals surface area contributed by atoms with E-state index < -0.39 is 5.54 Å². The maximum Gasteiger partial charge on any atom is 0.352 e. The number of nitrogens with zero attached hydrogens (tertiary/aromatic N) is 3. The van der Waals surface area contributed by atoms with Crippen molar-refractivity contribution in [2.24, 2.45) is 0 Å². The molecule has 3 aliphatic heterocycles. The number of fused-ring (bicyclic) bond motifs is 9. The Morgan fingerprint density at radius 3 is 2.46 bits per heavy atom. The van der Waals surface area contributed by atoms with Crippen LogP contribution in [0.4, 0.5) is 0 Å². The average molecular weight is 516 g/mol. The molecule has 39 heavy (non-hydrogen) atoms. The van der Waals surface area contributed by atoms with Crippen molar-refractivity contribution in [1.29, 1.82) is 0 Å².